The van der Waals surface area contributed by atoms with Crippen LogP contribution in [0, 0.1) is 12.3 Å². The molecule has 0 aromatic heterocycles. The first-order valence-electron chi connectivity index (χ1n) is 7.60. The molecule has 1 aliphatic heterocycles. The fourth-order valence-electron chi connectivity index (χ4n) is 3.11. The van der Waals surface area contributed by atoms with Gasteiger partial charge in [-0.05, 0) is 43.7 Å². The Hall–Kier alpha value is -1.25. The van der Waals surface area contributed by atoms with Crippen LogP contribution >= 0.6 is 23.2 Å². The first-order valence-corrected chi connectivity index (χ1v) is 8.35. The fourth-order valence-corrected chi connectivity index (χ4v) is 3.67. The Balaban J connectivity index is 1.67. The van der Waals surface area contributed by atoms with E-state index in [0.29, 0.717) is 21.5 Å². The lowest BCUT2D eigenvalue weighted by molar-refractivity contribution is 0.0703. The third-order valence-electron chi connectivity index (χ3n) is 4.34. The summed E-state index contributed by atoms with van der Waals surface area (Å²) in [7, 11) is 0. The number of halogens is 2. The molecule has 0 saturated carbocycles. The molecule has 3 rings (SSSR count). The maximum atomic E-state index is 12.6. The van der Waals surface area contributed by atoms with E-state index in [-0.39, 0.29) is 5.91 Å². The minimum Gasteiger partial charge on any atom is -0.339 e. The predicted octanol–water partition coefficient (Wildman–Crippen LogP) is 4.94. The van der Waals surface area contributed by atoms with Crippen molar-refractivity contribution in [2.45, 2.75) is 19.3 Å². The van der Waals surface area contributed by atoms with Crippen molar-refractivity contribution >= 4 is 29.1 Å². The number of hydrogen-bond acceptors (Lipinski definition) is 1. The highest BCUT2D eigenvalue weighted by Gasteiger charge is 2.27. The van der Waals surface area contributed by atoms with Crippen molar-refractivity contribution in [2.24, 2.45) is 5.92 Å². The lowest BCUT2D eigenvalue weighted by atomic mass is 9.85. The highest BCUT2D eigenvalue weighted by molar-refractivity contribution is 6.39. The summed E-state index contributed by atoms with van der Waals surface area (Å²) in [5.41, 5.74) is 1.83. The number of piperidine rings is 1. The third-order valence-corrected chi connectivity index (χ3v) is 4.97. The van der Waals surface area contributed by atoms with Crippen molar-refractivity contribution in [3.63, 3.8) is 0 Å². The zero-order chi connectivity index (χ0) is 15.5. The Labute approximate surface area is 141 Å². The van der Waals surface area contributed by atoms with E-state index in [1.165, 1.54) is 5.57 Å². The van der Waals surface area contributed by atoms with Crippen LogP contribution in [-0.4, -0.2) is 23.9 Å². The average molecular weight is 335 g/mol. The van der Waals surface area contributed by atoms with Crippen LogP contribution in [0.5, 0.6) is 0 Å². The normalized spacial score (nSPS) is 19.2. The molecule has 4 heteroatoms. The number of rotatable bonds is 2. The Morgan fingerprint density at radius 1 is 1.14 bits per heavy atom. The van der Waals surface area contributed by atoms with Gasteiger partial charge >= 0.3 is 0 Å². The molecule has 1 amide bonds. The van der Waals surface area contributed by atoms with E-state index in [0.717, 1.165) is 32.4 Å². The molecule has 22 heavy (non-hydrogen) atoms. The summed E-state index contributed by atoms with van der Waals surface area (Å²) in [6.07, 6.45) is 11.7. The van der Waals surface area contributed by atoms with Crippen LogP contribution in [-0.2, 0) is 0 Å². The monoisotopic (exact) mass is 334 g/mol. The Bertz CT molecular complexity index is 608. The molecule has 1 radical (unpaired) electrons. The number of carbonyl (C=O) groups is 1. The van der Waals surface area contributed by atoms with Gasteiger partial charge in [-0.15, -0.1) is 0 Å². The number of carbonyl (C=O) groups excluding carboxylic acids is 1. The Kier molecular flexibility index (Phi) is 4.90. The maximum absolute atomic E-state index is 12.6. The molecule has 1 saturated heterocycles. The second-order valence-electron chi connectivity index (χ2n) is 5.70. The number of benzene rings is 1. The van der Waals surface area contributed by atoms with Crippen LogP contribution in [0.25, 0.3) is 0 Å². The topological polar surface area (TPSA) is 20.3 Å². The SMILES string of the molecule is O=C(c1c(Cl)cccc1Cl)N1CCC(C2=CC=CC[CH]2)CC1. The van der Waals surface area contributed by atoms with Crippen LogP contribution in [0.2, 0.25) is 10.0 Å². The summed E-state index contributed by atoms with van der Waals surface area (Å²) in [6, 6.07) is 5.18. The fraction of sp³-hybridized carbons (Fsp3) is 0.333. The minimum absolute atomic E-state index is 0.0597. The van der Waals surface area contributed by atoms with E-state index in [2.05, 4.69) is 24.6 Å². The molecular weight excluding hydrogens is 317 g/mol. The second kappa shape index (κ2) is 6.89. The molecule has 1 aliphatic carbocycles. The molecule has 1 aromatic carbocycles. The predicted molar refractivity (Wildman–Crippen MR) is 91.2 cm³/mol. The van der Waals surface area contributed by atoms with E-state index < -0.39 is 0 Å². The molecule has 0 atom stereocenters. The highest BCUT2D eigenvalue weighted by atomic mass is 35.5. The molecule has 2 nitrogen and oxygen atoms in total. The molecular formula is C18H18Cl2NO. The van der Waals surface area contributed by atoms with E-state index in [9.17, 15) is 4.79 Å². The quantitative estimate of drug-likeness (QED) is 0.750. The van der Waals surface area contributed by atoms with Gasteiger partial charge in [0.05, 0.1) is 15.6 Å². The molecule has 0 unspecified atom stereocenters. The van der Waals surface area contributed by atoms with Crippen molar-refractivity contribution in [3.8, 4) is 0 Å². The van der Waals surface area contributed by atoms with Crippen molar-refractivity contribution < 1.29 is 4.79 Å². The van der Waals surface area contributed by atoms with Crippen molar-refractivity contribution in [1.82, 2.24) is 4.90 Å². The molecule has 0 bridgehead atoms. The summed E-state index contributed by atoms with van der Waals surface area (Å²) < 4.78 is 0. The van der Waals surface area contributed by atoms with E-state index >= 15 is 0 Å². The van der Waals surface area contributed by atoms with Gasteiger partial charge in [0.1, 0.15) is 0 Å². The van der Waals surface area contributed by atoms with Gasteiger partial charge in [0, 0.05) is 13.1 Å². The number of amides is 1. The molecule has 1 heterocycles. The summed E-state index contributed by atoms with van der Waals surface area (Å²) in [5.74, 6) is 0.492. The number of hydrogen-bond donors (Lipinski definition) is 0. The number of likely N-dealkylation sites (tertiary alicyclic amines) is 1. The van der Waals surface area contributed by atoms with Gasteiger partial charge in [0.2, 0.25) is 0 Å². The van der Waals surface area contributed by atoms with E-state index in [4.69, 9.17) is 23.2 Å². The van der Waals surface area contributed by atoms with Crippen molar-refractivity contribution in [3.05, 3.63) is 64.0 Å². The van der Waals surface area contributed by atoms with Crippen LogP contribution in [0.4, 0.5) is 0 Å². The zero-order valence-electron chi connectivity index (χ0n) is 12.3. The third kappa shape index (κ3) is 3.23. The standard InChI is InChI=1S/C18H18Cl2NO/c19-15-7-4-8-16(20)17(15)18(22)21-11-9-14(10-12-21)13-5-2-1-3-6-13/h1-2,4-8,14H,3,9-12H2. The lowest BCUT2D eigenvalue weighted by Gasteiger charge is -2.34. The van der Waals surface area contributed by atoms with Crippen LogP contribution in [0.15, 0.2) is 42.0 Å². The summed E-state index contributed by atoms with van der Waals surface area (Å²) >= 11 is 12.3. The van der Waals surface area contributed by atoms with Gasteiger partial charge in [-0.3, -0.25) is 4.79 Å². The first-order chi connectivity index (χ1) is 10.7. The van der Waals surface area contributed by atoms with Gasteiger partial charge in [-0.25, -0.2) is 0 Å². The number of nitrogens with zero attached hydrogens (tertiary/aromatic N) is 1. The van der Waals surface area contributed by atoms with Crippen LogP contribution in [0.3, 0.4) is 0 Å². The smallest absolute Gasteiger partial charge is 0.256 e. The Morgan fingerprint density at radius 2 is 1.82 bits per heavy atom. The molecule has 2 aliphatic rings. The van der Waals surface area contributed by atoms with Gasteiger partial charge in [0.15, 0.2) is 0 Å². The van der Waals surface area contributed by atoms with Gasteiger partial charge in [0.25, 0.3) is 5.91 Å². The minimum atomic E-state index is -0.0597. The van der Waals surface area contributed by atoms with Gasteiger partial charge < -0.3 is 4.90 Å². The molecule has 1 aromatic rings. The summed E-state index contributed by atoms with van der Waals surface area (Å²) in [5, 5.41) is 0.848. The van der Waals surface area contributed by atoms with Crippen molar-refractivity contribution in [2.75, 3.05) is 13.1 Å². The molecule has 115 valence electrons. The second-order valence-corrected chi connectivity index (χ2v) is 6.51. The summed E-state index contributed by atoms with van der Waals surface area (Å²) in [6.45, 7) is 1.50. The largest absolute Gasteiger partial charge is 0.339 e. The summed E-state index contributed by atoms with van der Waals surface area (Å²) in [4.78, 5) is 14.5. The Morgan fingerprint density at radius 3 is 2.41 bits per heavy atom. The van der Waals surface area contributed by atoms with E-state index in [1.54, 1.807) is 18.2 Å². The van der Waals surface area contributed by atoms with E-state index in [1.807, 2.05) is 4.90 Å². The average Bonchev–Trinajstić information content (AvgIpc) is 2.55. The molecule has 0 spiro atoms. The van der Waals surface area contributed by atoms with Crippen molar-refractivity contribution in [1.29, 1.82) is 0 Å². The zero-order valence-corrected chi connectivity index (χ0v) is 13.8. The maximum Gasteiger partial charge on any atom is 0.256 e. The molecule has 1 fully saturated rings. The number of allylic oxidation sites excluding steroid dienone is 4. The lowest BCUT2D eigenvalue weighted by Crippen LogP contribution is -2.39. The highest BCUT2D eigenvalue weighted by Crippen LogP contribution is 2.31. The van der Waals surface area contributed by atoms with Crippen LogP contribution < -0.4 is 0 Å². The van der Waals surface area contributed by atoms with Gasteiger partial charge in [-0.1, -0.05) is 53.1 Å². The van der Waals surface area contributed by atoms with Crippen LogP contribution in [0.1, 0.15) is 29.6 Å². The first kappa shape index (κ1) is 15.6. The molecule has 0 N–H and O–H groups in total. The van der Waals surface area contributed by atoms with Gasteiger partial charge in [-0.2, -0.15) is 0 Å².